The quantitative estimate of drug-likeness (QED) is 0.854. The second-order valence-electron chi connectivity index (χ2n) is 5.85. The Balaban J connectivity index is 2.18. The maximum absolute atomic E-state index is 12.7. The van der Waals surface area contributed by atoms with Gasteiger partial charge in [0.15, 0.2) is 0 Å². The fourth-order valence-electron chi connectivity index (χ4n) is 2.97. The molecule has 2 atom stereocenters. The third-order valence-corrected chi connectivity index (χ3v) is 4.31. The van der Waals surface area contributed by atoms with Gasteiger partial charge in [0, 0.05) is 24.7 Å². The zero-order valence-corrected chi connectivity index (χ0v) is 13.3. The highest BCUT2D eigenvalue weighted by molar-refractivity contribution is 5.98. The molecule has 0 N–H and O–H groups in total. The Morgan fingerprint density at radius 1 is 1.38 bits per heavy atom. The molecule has 114 valence electrons. The van der Waals surface area contributed by atoms with E-state index in [2.05, 4.69) is 13.0 Å². The van der Waals surface area contributed by atoms with Gasteiger partial charge in [-0.3, -0.25) is 9.59 Å². The van der Waals surface area contributed by atoms with Crippen molar-refractivity contribution in [2.75, 3.05) is 11.4 Å². The molecule has 0 saturated carbocycles. The van der Waals surface area contributed by atoms with Gasteiger partial charge in [0.1, 0.15) is 6.54 Å². The number of nitrogens with zero attached hydrogens (tertiary/aromatic N) is 2. The van der Waals surface area contributed by atoms with Crippen molar-refractivity contribution in [2.24, 2.45) is 0 Å². The van der Waals surface area contributed by atoms with E-state index in [9.17, 15) is 9.59 Å². The minimum atomic E-state index is -0.0437. The van der Waals surface area contributed by atoms with Gasteiger partial charge >= 0.3 is 0 Å². The lowest BCUT2D eigenvalue weighted by atomic mass is 10.1. The summed E-state index contributed by atoms with van der Waals surface area (Å²) in [5.74, 6) is -0.0409. The summed E-state index contributed by atoms with van der Waals surface area (Å²) in [5, 5.41) is 0. The Kier molecular flexibility index (Phi) is 4.66. The van der Waals surface area contributed by atoms with Crippen LogP contribution in [0.15, 0.2) is 24.3 Å². The van der Waals surface area contributed by atoms with Crippen molar-refractivity contribution in [2.45, 2.75) is 52.6 Å². The van der Waals surface area contributed by atoms with Crippen LogP contribution in [-0.2, 0) is 16.0 Å². The molecule has 1 aromatic rings. The van der Waals surface area contributed by atoms with Crippen molar-refractivity contribution < 1.29 is 9.59 Å². The normalized spacial score (nSPS) is 18.3. The third kappa shape index (κ3) is 3.09. The third-order valence-electron chi connectivity index (χ3n) is 4.31. The maximum atomic E-state index is 12.7. The first-order chi connectivity index (χ1) is 9.95. The van der Waals surface area contributed by atoms with E-state index in [1.807, 2.05) is 36.9 Å². The lowest BCUT2D eigenvalue weighted by Crippen LogP contribution is -2.47. The molecule has 2 unspecified atom stereocenters. The van der Waals surface area contributed by atoms with Gasteiger partial charge in [-0.05, 0) is 38.3 Å². The van der Waals surface area contributed by atoms with Crippen molar-refractivity contribution in [3.05, 3.63) is 29.8 Å². The largest absolute Gasteiger partial charge is 0.331 e. The smallest absolute Gasteiger partial charge is 0.246 e. The Morgan fingerprint density at radius 3 is 2.67 bits per heavy atom. The molecule has 4 nitrogen and oxygen atoms in total. The van der Waals surface area contributed by atoms with E-state index in [0.29, 0.717) is 0 Å². The number of para-hydroxylation sites is 1. The van der Waals surface area contributed by atoms with Gasteiger partial charge in [0.2, 0.25) is 11.8 Å². The summed E-state index contributed by atoms with van der Waals surface area (Å²) < 4.78 is 0. The molecule has 0 radical (unpaired) electrons. The van der Waals surface area contributed by atoms with E-state index in [0.717, 1.165) is 18.5 Å². The summed E-state index contributed by atoms with van der Waals surface area (Å²) in [7, 11) is 0. The van der Waals surface area contributed by atoms with E-state index in [1.165, 1.54) is 12.5 Å². The number of amides is 2. The van der Waals surface area contributed by atoms with Gasteiger partial charge in [-0.25, -0.2) is 0 Å². The fraction of sp³-hybridized carbons (Fsp3) is 0.529. The van der Waals surface area contributed by atoms with Crippen LogP contribution in [0.5, 0.6) is 0 Å². The van der Waals surface area contributed by atoms with Crippen LogP contribution >= 0.6 is 0 Å². The zero-order chi connectivity index (χ0) is 15.6. The van der Waals surface area contributed by atoms with Crippen LogP contribution in [0.2, 0.25) is 0 Å². The Bertz CT molecular complexity index is 541. The van der Waals surface area contributed by atoms with Crippen LogP contribution in [0.1, 0.15) is 39.7 Å². The summed E-state index contributed by atoms with van der Waals surface area (Å²) in [4.78, 5) is 28.0. The topological polar surface area (TPSA) is 40.6 Å². The highest BCUT2D eigenvalue weighted by Gasteiger charge is 2.32. The highest BCUT2D eigenvalue weighted by Crippen LogP contribution is 2.31. The molecular formula is C17H24N2O2. The first-order valence-corrected chi connectivity index (χ1v) is 7.62. The average molecular weight is 288 g/mol. The Labute approximate surface area is 126 Å². The summed E-state index contributed by atoms with van der Waals surface area (Å²) in [6.07, 6.45) is 1.73. The molecule has 21 heavy (non-hydrogen) atoms. The Morgan fingerprint density at radius 2 is 2.05 bits per heavy atom. The van der Waals surface area contributed by atoms with Gasteiger partial charge in [-0.15, -0.1) is 0 Å². The SMILES string of the molecule is CCC(C)N(CC(=O)N1c2ccccc2CC1C)C(C)=O. The number of anilines is 1. The first-order valence-electron chi connectivity index (χ1n) is 7.62. The lowest BCUT2D eigenvalue weighted by molar-refractivity contribution is -0.135. The summed E-state index contributed by atoms with van der Waals surface area (Å²) in [6.45, 7) is 7.75. The summed E-state index contributed by atoms with van der Waals surface area (Å²) in [5.41, 5.74) is 2.19. The molecule has 1 aromatic carbocycles. The molecule has 4 heteroatoms. The van der Waals surface area contributed by atoms with Crippen molar-refractivity contribution >= 4 is 17.5 Å². The van der Waals surface area contributed by atoms with Crippen LogP contribution in [-0.4, -0.2) is 35.3 Å². The van der Waals surface area contributed by atoms with Gasteiger partial charge in [-0.2, -0.15) is 0 Å². The van der Waals surface area contributed by atoms with Crippen molar-refractivity contribution in [3.63, 3.8) is 0 Å². The number of carbonyl (C=O) groups excluding carboxylic acids is 2. The predicted molar refractivity (Wildman–Crippen MR) is 84.2 cm³/mol. The van der Waals surface area contributed by atoms with Gasteiger partial charge in [0.25, 0.3) is 0 Å². The molecule has 0 spiro atoms. The maximum Gasteiger partial charge on any atom is 0.246 e. The Hall–Kier alpha value is -1.84. The molecule has 1 heterocycles. The molecule has 0 aromatic heterocycles. The molecule has 2 rings (SSSR count). The van der Waals surface area contributed by atoms with E-state index >= 15 is 0 Å². The first kappa shape index (κ1) is 15.5. The molecule has 0 bridgehead atoms. The van der Waals surface area contributed by atoms with Crippen LogP contribution in [0, 0.1) is 0 Å². The molecule has 1 aliphatic heterocycles. The van der Waals surface area contributed by atoms with E-state index < -0.39 is 0 Å². The second kappa shape index (κ2) is 6.29. The summed E-state index contributed by atoms with van der Waals surface area (Å²) in [6, 6.07) is 8.24. The zero-order valence-electron chi connectivity index (χ0n) is 13.3. The number of hydrogen-bond donors (Lipinski definition) is 0. The number of rotatable bonds is 4. The number of hydrogen-bond acceptors (Lipinski definition) is 2. The van der Waals surface area contributed by atoms with Crippen LogP contribution in [0.3, 0.4) is 0 Å². The van der Waals surface area contributed by atoms with Crippen molar-refractivity contribution in [1.29, 1.82) is 0 Å². The van der Waals surface area contributed by atoms with Crippen molar-refractivity contribution in [3.8, 4) is 0 Å². The highest BCUT2D eigenvalue weighted by atomic mass is 16.2. The number of carbonyl (C=O) groups is 2. The minimum absolute atomic E-state index is 0.00273. The molecule has 0 saturated heterocycles. The molecule has 2 amide bonds. The minimum Gasteiger partial charge on any atom is -0.331 e. The van der Waals surface area contributed by atoms with Crippen LogP contribution < -0.4 is 4.90 Å². The van der Waals surface area contributed by atoms with Crippen LogP contribution in [0.25, 0.3) is 0 Å². The van der Waals surface area contributed by atoms with E-state index in [1.54, 1.807) is 4.90 Å². The fourth-order valence-corrected chi connectivity index (χ4v) is 2.97. The predicted octanol–water partition coefficient (Wildman–Crippen LogP) is 2.61. The number of benzene rings is 1. The van der Waals surface area contributed by atoms with Gasteiger partial charge in [-0.1, -0.05) is 25.1 Å². The number of fused-ring (bicyclic) bond motifs is 1. The van der Waals surface area contributed by atoms with E-state index in [4.69, 9.17) is 0 Å². The van der Waals surface area contributed by atoms with Crippen LogP contribution in [0.4, 0.5) is 5.69 Å². The average Bonchev–Trinajstić information content (AvgIpc) is 2.79. The molecular weight excluding hydrogens is 264 g/mol. The van der Waals surface area contributed by atoms with Gasteiger partial charge < -0.3 is 9.80 Å². The van der Waals surface area contributed by atoms with Gasteiger partial charge in [0.05, 0.1) is 0 Å². The monoisotopic (exact) mass is 288 g/mol. The van der Waals surface area contributed by atoms with E-state index in [-0.39, 0.29) is 30.4 Å². The molecule has 0 fully saturated rings. The second-order valence-corrected chi connectivity index (χ2v) is 5.85. The lowest BCUT2D eigenvalue weighted by Gasteiger charge is -2.30. The summed E-state index contributed by atoms with van der Waals surface area (Å²) >= 11 is 0. The molecule has 0 aliphatic carbocycles. The van der Waals surface area contributed by atoms with Crippen molar-refractivity contribution in [1.82, 2.24) is 4.90 Å². The standard InChI is InChI=1S/C17H24N2O2/c1-5-12(2)18(14(4)20)11-17(21)19-13(3)10-15-8-6-7-9-16(15)19/h6-9,12-13H,5,10-11H2,1-4H3. The molecule has 1 aliphatic rings.